The Balaban J connectivity index is 4.64. The third-order valence-electron chi connectivity index (χ3n) is 2.75. The van der Waals surface area contributed by atoms with Crippen molar-refractivity contribution in [1.29, 1.82) is 0 Å². The average molecular weight is 333 g/mol. The molecule has 0 aromatic rings. The molecule has 1 N–H and O–H groups in total. The third kappa shape index (κ3) is 8.60. The minimum atomic E-state index is -4.54. The lowest BCUT2D eigenvalue weighted by atomic mass is 10.3. The van der Waals surface area contributed by atoms with Gasteiger partial charge in [-0.25, -0.2) is 0 Å². The van der Waals surface area contributed by atoms with E-state index in [0.29, 0.717) is 23.7 Å². The molecule has 0 amide bonds. The second-order valence-electron chi connectivity index (χ2n) is 5.24. The van der Waals surface area contributed by atoms with Crippen LogP contribution in [0.5, 0.6) is 0 Å². The van der Waals surface area contributed by atoms with Gasteiger partial charge in [-0.3, -0.25) is 0 Å². The molecule has 0 saturated heterocycles. The minimum Gasteiger partial charge on any atom is -0.314 e. The highest BCUT2D eigenvalue weighted by Gasteiger charge is 2.37. The molecule has 0 rings (SSSR count). The highest BCUT2D eigenvalue weighted by atomic mass is 32.2. The zero-order chi connectivity index (χ0) is 16.7. The van der Waals surface area contributed by atoms with Crippen LogP contribution in [0.1, 0.15) is 33.6 Å². The SMILES string of the molecule is CCCN(CC(F)(F)F)S(=O)(=O)N(C)CCCNC(C)C. The van der Waals surface area contributed by atoms with Gasteiger partial charge in [-0.05, 0) is 19.4 Å². The van der Waals surface area contributed by atoms with Crippen LogP contribution in [0.3, 0.4) is 0 Å². The molecule has 0 spiro atoms. The number of nitrogens with one attached hydrogen (secondary N) is 1. The van der Waals surface area contributed by atoms with Crippen molar-refractivity contribution in [3.8, 4) is 0 Å². The van der Waals surface area contributed by atoms with Crippen molar-refractivity contribution in [2.75, 3.05) is 33.2 Å². The van der Waals surface area contributed by atoms with Gasteiger partial charge in [-0.1, -0.05) is 20.8 Å². The first-order valence-corrected chi connectivity index (χ1v) is 8.42. The van der Waals surface area contributed by atoms with E-state index in [2.05, 4.69) is 5.32 Å². The van der Waals surface area contributed by atoms with E-state index in [9.17, 15) is 21.6 Å². The van der Waals surface area contributed by atoms with Gasteiger partial charge in [0, 0.05) is 26.2 Å². The monoisotopic (exact) mass is 333 g/mol. The second-order valence-corrected chi connectivity index (χ2v) is 7.28. The Kier molecular flexibility index (Phi) is 8.76. The van der Waals surface area contributed by atoms with Crippen LogP contribution in [0, 0.1) is 0 Å². The number of halogens is 3. The van der Waals surface area contributed by atoms with Crippen molar-refractivity contribution in [1.82, 2.24) is 13.9 Å². The third-order valence-corrected chi connectivity index (χ3v) is 4.69. The molecule has 128 valence electrons. The number of nitrogens with zero attached hydrogens (tertiary/aromatic N) is 2. The van der Waals surface area contributed by atoms with Crippen LogP contribution in [0.15, 0.2) is 0 Å². The van der Waals surface area contributed by atoms with E-state index in [0.717, 1.165) is 4.31 Å². The van der Waals surface area contributed by atoms with Gasteiger partial charge in [0.15, 0.2) is 0 Å². The molecule has 0 aromatic carbocycles. The fraction of sp³-hybridized carbons (Fsp3) is 1.00. The molecule has 0 atom stereocenters. The highest BCUT2D eigenvalue weighted by molar-refractivity contribution is 7.86. The first kappa shape index (κ1) is 20.6. The van der Waals surface area contributed by atoms with E-state index >= 15 is 0 Å². The summed E-state index contributed by atoms with van der Waals surface area (Å²) in [5.74, 6) is 0. The zero-order valence-electron chi connectivity index (χ0n) is 13.1. The predicted octanol–water partition coefficient (Wildman–Crippen LogP) is 1.83. The average Bonchev–Trinajstić information content (AvgIpc) is 2.31. The Morgan fingerprint density at radius 3 is 2.19 bits per heavy atom. The molecule has 0 aliphatic carbocycles. The summed E-state index contributed by atoms with van der Waals surface area (Å²) in [6, 6.07) is 0.286. The summed E-state index contributed by atoms with van der Waals surface area (Å²) in [7, 11) is -2.77. The Bertz CT molecular complexity index is 386. The van der Waals surface area contributed by atoms with Crippen LogP contribution in [-0.2, 0) is 10.2 Å². The number of hydrogen-bond donors (Lipinski definition) is 1. The molecule has 0 aromatic heterocycles. The van der Waals surface area contributed by atoms with Crippen LogP contribution in [0.25, 0.3) is 0 Å². The van der Waals surface area contributed by atoms with Crippen LogP contribution < -0.4 is 5.32 Å². The standard InChI is InChI=1S/C12H26F3N3O2S/c1-5-8-18(10-12(13,14)15)21(19,20)17(4)9-6-7-16-11(2)3/h11,16H,5-10H2,1-4H3. The van der Waals surface area contributed by atoms with Gasteiger partial charge in [0.05, 0.1) is 0 Å². The van der Waals surface area contributed by atoms with Crippen LogP contribution in [-0.4, -0.2) is 62.5 Å². The first-order valence-electron chi connectivity index (χ1n) is 7.02. The summed E-state index contributed by atoms with van der Waals surface area (Å²) < 4.78 is 63.2. The molecule has 0 saturated carbocycles. The minimum absolute atomic E-state index is 0.142. The number of hydrogen-bond acceptors (Lipinski definition) is 3. The van der Waals surface area contributed by atoms with Gasteiger partial charge in [0.1, 0.15) is 6.54 Å². The summed E-state index contributed by atoms with van der Waals surface area (Å²) in [5.41, 5.74) is 0. The quantitative estimate of drug-likeness (QED) is 0.621. The van der Waals surface area contributed by atoms with Gasteiger partial charge >= 0.3 is 6.18 Å². The van der Waals surface area contributed by atoms with Crippen molar-refractivity contribution in [3.05, 3.63) is 0 Å². The molecule has 0 aliphatic rings. The van der Waals surface area contributed by atoms with Crippen LogP contribution in [0.2, 0.25) is 0 Å². The maximum Gasteiger partial charge on any atom is 0.402 e. The summed E-state index contributed by atoms with van der Waals surface area (Å²) in [5, 5.41) is 3.13. The lowest BCUT2D eigenvalue weighted by Crippen LogP contribution is -2.46. The van der Waals surface area contributed by atoms with Crippen molar-refractivity contribution in [2.45, 2.75) is 45.8 Å². The van der Waals surface area contributed by atoms with Gasteiger partial charge < -0.3 is 5.32 Å². The largest absolute Gasteiger partial charge is 0.402 e. The molecular formula is C12H26F3N3O2S. The fourth-order valence-corrected chi connectivity index (χ4v) is 3.21. The molecule has 5 nitrogen and oxygen atoms in total. The molecule has 0 unspecified atom stereocenters. The first-order chi connectivity index (χ1) is 9.50. The topological polar surface area (TPSA) is 52.7 Å². The normalized spacial score (nSPS) is 13.6. The van der Waals surface area contributed by atoms with Crippen LogP contribution >= 0.6 is 0 Å². The number of rotatable bonds is 10. The summed E-state index contributed by atoms with van der Waals surface area (Å²) in [4.78, 5) is 0. The maximum absolute atomic E-state index is 12.5. The van der Waals surface area contributed by atoms with E-state index in [-0.39, 0.29) is 19.1 Å². The predicted molar refractivity (Wildman–Crippen MR) is 77.2 cm³/mol. The molecule has 0 fully saturated rings. The van der Waals surface area contributed by atoms with E-state index in [4.69, 9.17) is 0 Å². The number of alkyl halides is 3. The molecule has 0 aliphatic heterocycles. The molecular weight excluding hydrogens is 307 g/mol. The van der Waals surface area contributed by atoms with Gasteiger partial charge in [0.25, 0.3) is 10.2 Å². The van der Waals surface area contributed by atoms with E-state index in [1.165, 1.54) is 7.05 Å². The van der Waals surface area contributed by atoms with Gasteiger partial charge in [0.2, 0.25) is 0 Å². The van der Waals surface area contributed by atoms with Crippen molar-refractivity contribution < 1.29 is 21.6 Å². The summed E-state index contributed by atoms with van der Waals surface area (Å²) in [6.07, 6.45) is -3.67. The van der Waals surface area contributed by atoms with Crippen molar-refractivity contribution in [3.63, 3.8) is 0 Å². The van der Waals surface area contributed by atoms with Crippen molar-refractivity contribution in [2.24, 2.45) is 0 Å². The molecule has 9 heteroatoms. The maximum atomic E-state index is 12.5. The lowest BCUT2D eigenvalue weighted by molar-refractivity contribution is -0.136. The van der Waals surface area contributed by atoms with E-state index in [1.807, 2.05) is 13.8 Å². The smallest absolute Gasteiger partial charge is 0.314 e. The highest BCUT2D eigenvalue weighted by Crippen LogP contribution is 2.20. The van der Waals surface area contributed by atoms with Crippen molar-refractivity contribution >= 4 is 10.2 Å². The molecule has 0 heterocycles. The Morgan fingerprint density at radius 1 is 1.19 bits per heavy atom. The summed E-state index contributed by atoms with van der Waals surface area (Å²) >= 11 is 0. The molecule has 0 bridgehead atoms. The Morgan fingerprint density at radius 2 is 1.76 bits per heavy atom. The fourth-order valence-electron chi connectivity index (χ4n) is 1.73. The molecule has 21 heavy (non-hydrogen) atoms. The lowest BCUT2D eigenvalue weighted by Gasteiger charge is -2.28. The van der Waals surface area contributed by atoms with Gasteiger partial charge in [-0.15, -0.1) is 0 Å². The van der Waals surface area contributed by atoms with Crippen LogP contribution in [0.4, 0.5) is 13.2 Å². The van der Waals surface area contributed by atoms with Gasteiger partial charge in [-0.2, -0.15) is 30.2 Å². The second kappa shape index (κ2) is 8.92. The Labute approximate surface area is 125 Å². The van der Waals surface area contributed by atoms with E-state index < -0.39 is 22.9 Å². The molecule has 0 radical (unpaired) electrons. The summed E-state index contributed by atoms with van der Waals surface area (Å²) in [6.45, 7) is 4.78. The Hall–Kier alpha value is -0.380. The zero-order valence-corrected chi connectivity index (χ0v) is 13.9. The van der Waals surface area contributed by atoms with E-state index in [1.54, 1.807) is 6.92 Å².